The number of aryl methyl sites for hydroxylation is 2. The molecule has 1 heterocycles. The van der Waals surface area contributed by atoms with Crippen LogP contribution in [-0.4, -0.2) is 0 Å². The Bertz CT molecular complexity index is 446. The van der Waals surface area contributed by atoms with E-state index >= 15 is 0 Å². The summed E-state index contributed by atoms with van der Waals surface area (Å²) in [5.74, 6) is 0. The van der Waals surface area contributed by atoms with Crippen LogP contribution in [0.1, 0.15) is 22.3 Å². The smallest absolute Gasteiger partial charge is 0.0947 e. The molecule has 1 N–H and O–H groups in total. The summed E-state index contributed by atoms with van der Waals surface area (Å²) in [6, 6.07) is 8.54. The summed E-state index contributed by atoms with van der Waals surface area (Å²) in [4.78, 5) is 0. The molecule has 0 fully saturated rings. The van der Waals surface area contributed by atoms with Gasteiger partial charge in [0.1, 0.15) is 0 Å². The van der Waals surface area contributed by atoms with Crippen LogP contribution in [0.2, 0.25) is 0 Å². The zero-order valence-electron chi connectivity index (χ0n) is 9.79. The van der Waals surface area contributed by atoms with E-state index in [2.05, 4.69) is 37.4 Å². The molecule has 0 aliphatic carbocycles. The molecule has 0 aliphatic rings. The van der Waals surface area contributed by atoms with Gasteiger partial charge in [-0.05, 0) is 31.0 Å². The lowest BCUT2D eigenvalue weighted by Crippen LogP contribution is -2.13. The van der Waals surface area contributed by atoms with E-state index in [0.29, 0.717) is 0 Å². The molecule has 2 aromatic rings. The molecule has 0 bridgehead atoms. The zero-order chi connectivity index (χ0) is 11.4. The molecule has 0 amide bonds. The van der Waals surface area contributed by atoms with Crippen molar-refractivity contribution in [3.63, 3.8) is 0 Å². The Morgan fingerprint density at radius 1 is 1.12 bits per heavy atom. The van der Waals surface area contributed by atoms with Crippen LogP contribution in [0.4, 0.5) is 0 Å². The number of hydrogen-bond donors (Lipinski definition) is 1. The van der Waals surface area contributed by atoms with Crippen molar-refractivity contribution in [1.29, 1.82) is 0 Å². The monoisotopic (exact) mass is 215 g/mol. The molecule has 2 heteroatoms. The van der Waals surface area contributed by atoms with E-state index in [1.54, 1.807) is 12.5 Å². The molecule has 1 aromatic carbocycles. The summed E-state index contributed by atoms with van der Waals surface area (Å²) in [6.07, 6.45) is 3.48. The Hall–Kier alpha value is -1.54. The third-order valence-electron chi connectivity index (χ3n) is 2.72. The highest BCUT2D eigenvalue weighted by Gasteiger charge is 1.99. The molecule has 0 spiro atoms. The fourth-order valence-corrected chi connectivity index (χ4v) is 1.78. The number of benzene rings is 1. The van der Waals surface area contributed by atoms with E-state index < -0.39 is 0 Å². The second kappa shape index (κ2) is 4.99. The molecule has 84 valence electrons. The lowest BCUT2D eigenvalue weighted by atomic mass is 10.1. The van der Waals surface area contributed by atoms with Crippen LogP contribution in [0.3, 0.4) is 0 Å². The topological polar surface area (TPSA) is 25.2 Å². The number of rotatable bonds is 4. The molecule has 0 unspecified atom stereocenters. The maximum absolute atomic E-state index is 5.02. The first kappa shape index (κ1) is 11.0. The van der Waals surface area contributed by atoms with E-state index in [0.717, 1.165) is 13.1 Å². The standard InChI is InChI=1S/C14H17NO/c1-11-3-4-14(12(2)7-11)9-15-8-13-5-6-16-10-13/h3-7,10,15H,8-9H2,1-2H3. The third kappa shape index (κ3) is 2.74. The quantitative estimate of drug-likeness (QED) is 0.847. The molecule has 16 heavy (non-hydrogen) atoms. The minimum absolute atomic E-state index is 0.851. The predicted molar refractivity (Wildman–Crippen MR) is 65.2 cm³/mol. The van der Waals surface area contributed by atoms with Crippen LogP contribution in [-0.2, 0) is 13.1 Å². The fourth-order valence-electron chi connectivity index (χ4n) is 1.78. The van der Waals surface area contributed by atoms with Gasteiger partial charge in [0.2, 0.25) is 0 Å². The molecular weight excluding hydrogens is 198 g/mol. The first-order valence-electron chi connectivity index (χ1n) is 5.53. The second-order valence-electron chi connectivity index (χ2n) is 4.17. The van der Waals surface area contributed by atoms with Gasteiger partial charge in [-0.3, -0.25) is 0 Å². The average Bonchev–Trinajstić information content (AvgIpc) is 2.74. The maximum Gasteiger partial charge on any atom is 0.0947 e. The minimum Gasteiger partial charge on any atom is -0.472 e. The molecule has 0 atom stereocenters. The number of hydrogen-bond acceptors (Lipinski definition) is 2. The molecule has 1 aromatic heterocycles. The van der Waals surface area contributed by atoms with E-state index in [4.69, 9.17) is 4.42 Å². The summed E-state index contributed by atoms with van der Waals surface area (Å²) in [6.45, 7) is 6.03. The van der Waals surface area contributed by atoms with E-state index in [1.165, 1.54) is 22.3 Å². The number of nitrogens with one attached hydrogen (secondary N) is 1. The molecule has 2 nitrogen and oxygen atoms in total. The highest BCUT2D eigenvalue weighted by atomic mass is 16.3. The Kier molecular flexibility index (Phi) is 3.42. The summed E-state index contributed by atoms with van der Waals surface area (Å²) in [5, 5.41) is 3.40. The largest absolute Gasteiger partial charge is 0.472 e. The van der Waals surface area contributed by atoms with Gasteiger partial charge in [-0.15, -0.1) is 0 Å². The normalized spacial score (nSPS) is 10.6. The number of furan rings is 1. The first-order valence-corrected chi connectivity index (χ1v) is 5.53. The zero-order valence-corrected chi connectivity index (χ0v) is 9.79. The van der Waals surface area contributed by atoms with Gasteiger partial charge in [-0.1, -0.05) is 23.8 Å². The summed E-state index contributed by atoms with van der Waals surface area (Å²) in [5.41, 5.74) is 5.20. The van der Waals surface area contributed by atoms with Gasteiger partial charge in [0, 0.05) is 18.7 Å². The van der Waals surface area contributed by atoms with Crippen LogP contribution in [0.5, 0.6) is 0 Å². The second-order valence-corrected chi connectivity index (χ2v) is 4.17. The highest BCUT2D eigenvalue weighted by molar-refractivity contribution is 5.30. The molecule has 0 saturated heterocycles. The molecule has 0 radical (unpaired) electrons. The Balaban J connectivity index is 1.90. The van der Waals surface area contributed by atoms with E-state index in [1.807, 2.05) is 6.07 Å². The minimum atomic E-state index is 0.851. The molecular formula is C14H17NO. The Labute approximate surface area is 96.3 Å². The fraction of sp³-hybridized carbons (Fsp3) is 0.286. The summed E-state index contributed by atoms with van der Waals surface area (Å²) < 4.78 is 5.02. The van der Waals surface area contributed by atoms with Crippen molar-refractivity contribution in [3.05, 3.63) is 59.0 Å². The highest BCUT2D eigenvalue weighted by Crippen LogP contribution is 2.10. The summed E-state index contributed by atoms with van der Waals surface area (Å²) in [7, 11) is 0. The predicted octanol–water partition coefficient (Wildman–Crippen LogP) is 3.19. The van der Waals surface area contributed by atoms with Gasteiger partial charge in [0.15, 0.2) is 0 Å². The van der Waals surface area contributed by atoms with E-state index in [9.17, 15) is 0 Å². The lowest BCUT2D eigenvalue weighted by molar-refractivity contribution is 0.560. The van der Waals surface area contributed by atoms with Gasteiger partial charge in [0.05, 0.1) is 12.5 Å². The van der Waals surface area contributed by atoms with Crippen molar-refractivity contribution in [2.75, 3.05) is 0 Å². The summed E-state index contributed by atoms with van der Waals surface area (Å²) >= 11 is 0. The molecule has 0 aliphatic heterocycles. The maximum atomic E-state index is 5.02. The third-order valence-corrected chi connectivity index (χ3v) is 2.72. The van der Waals surface area contributed by atoms with Crippen molar-refractivity contribution in [1.82, 2.24) is 5.32 Å². The van der Waals surface area contributed by atoms with Gasteiger partial charge < -0.3 is 9.73 Å². The average molecular weight is 215 g/mol. The van der Waals surface area contributed by atoms with Crippen LogP contribution in [0.25, 0.3) is 0 Å². The Morgan fingerprint density at radius 3 is 2.69 bits per heavy atom. The first-order chi connectivity index (χ1) is 7.75. The van der Waals surface area contributed by atoms with Gasteiger partial charge >= 0.3 is 0 Å². The SMILES string of the molecule is Cc1ccc(CNCc2ccoc2)c(C)c1. The lowest BCUT2D eigenvalue weighted by Gasteiger charge is -2.07. The molecule has 0 saturated carbocycles. The van der Waals surface area contributed by atoms with Gasteiger partial charge in [-0.2, -0.15) is 0 Å². The Morgan fingerprint density at radius 2 is 2.00 bits per heavy atom. The van der Waals surface area contributed by atoms with Crippen molar-refractivity contribution < 1.29 is 4.42 Å². The van der Waals surface area contributed by atoms with Crippen LogP contribution < -0.4 is 5.32 Å². The van der Waals surface area contributed by atoms with Crippen LogP contribution in [0, 0.1) is 13.8 Å². The van der Waals surface area contributed by atoms with Crippen LogP contribution >= 0.6 is 0 Å². The van der Waals surface area contributed by atoms with E-state index in [-0.39, 0.29) is 0 Å². The van der Waals surface area contributed by atoms with Crippen molar-refractivity contribution >= 4 is 0 Å². The van der Waals surface area contributed by atoms with Gasteiger partial charge in [0.25, 0.3) is 0 Å². The van der Waals surface area contributed by atoms with Crippen molar-refractivity contribution in [3.8, 4) is 0 Å². The molecule has 2 rings (SSSR count). The van der Waals surface area contributed by atoms with Crippen molar-refractivity contribution in [2.45, 2.75) is 26.9 Å². The van der Waals surface area contributed by atoms with Crippen LogP contribution in [0.15, 0.2) is 41.2 Å². The van der Waals surface area contributed by atoms with Crippen molar-refractivity contribution in [2.24, 2.45) is 0 Å². The van der Waals surface area contributed by atoms with Gasteiger partial charge in [-0.25, -0.2) is 0 Å².